The molecule has 0 aliphatic rings. The van der Waals surface area contributed by atoms with Crippen molar-refractivity contribution in [1.29, 1.82) is 0 Å². The number of carboxylic acid groups (broad SMARTS) is 1. The second-order valence-electron chi connectivity index (χ2n) is 9.92. The van der Waals surface area contributed by atoms with E-state index in [1.165, 1.54) is 0 Å². The minimum atomic E-state index is -0.984. The molecule has 4 aromatic rings. The average molecular weight is 551 g/mol. The summed E-state index contributed by atoms with van der Waals surface area (Å²) >= 11 is 0. The van der Waals surface area contributed by atoms with Crippen molar-refractivity contribution >= 4 is 17.8 Å². The molecule has 0 aromatic heterocycles. The van der Waals surface area contributed by atoms with Gasteiger partial charge in [0.1, 0.15) is 0 Å². The van der Waals surface area contributed by atoms with E-state index in [0.717, 1.165) is 11.1 Å². The van der Waals surface area contributed by atoms with E-state index < -0.39 is 12.0 Å². The fraction of sp³-hybridized carbons (Fsp3) is 0.206. The van der Waals surface area contributed by atoms with Gasteiger partial charge in [0.05, 0.1) is 19.1 Å². The van der Waals surface area contributed by atoms with Crippen LogP contribution < -0.4 is 5.32 Å². The van der Waals surface area contributed by atoms with Crippen LogP contribution in [0.3, 0.4) is 0 Å². The maximum Gasteiger partial charge on any atom is 0.305 e. The summed E-state index contributed by atoms with van der Waals surface area (Å²) in [4.78, 5) is 40.5. The number of amides is 2. The molecule has 0 spiro atoms. The van der Waals surface area contributed by atoms with Crippen LogP contribution in [0.5, 0.6) is 0 Å². The number of nitrogens with zero attached hydrogens (tertiary/aromatic N) is 1. The van der Waals surface area contributed by atoms with E-state index in [2.05, 4.69) is 5.32 Å². The summed E-state index contributed by atoms with van der Waals surface area (Å²) in [6.07, 6.45) is -0.184. The van der Waals surface area contributed by atoms with Gasteiger partial charge in [0.25, 0.3) is 11.8 Å². The van der Waals surface area contributed by atoms with E-state index in [9.17, 15) is 24.6 Å². The molecule has 2 atom stereocenters. The van der Waals surface area contributed by atoms with Crippen LogP contribution in [0.25, 0.3) is 11.1 Å². The lowest BCUT2D eigenvalue weighted by Gasteiger charge is -2.27. The third-order valence-electron chi connectivity index (χ3n) is 7.05. The van der Waals surface area contributed by atoms with Crippen LogP contribution in [0.15, 0.2) is 109 Å². The monoisotopic (exact) mass is 550 g/mol. The number of carbonyl (C=O) groups excluding carboxylic acids is 2. The van der Waals surface area contributed by atoms with Gasteiger partial charge in [-0.25, -0.2) is 0 Å². The highest BCUT2D eigenvalue weighted by Crippen LogP contribution is 2.29. The summed E-state index contributed by atoms with van der Waals surface area (Å²) in [5.74, 6) is -1.70. The molecule has 1 unspecified atom stereocenters. The number of carbonyl (C=O) groups is 3. The SMILES string of the molecule is CC(CN(CCC(=O)O)C(=O)c1ccccc1-c1ccccc1C(=O)N[C@H](CO)c1ccccc1)c1ccccc1. The van der Waals surface area contributed by atoms with Crippen molar-refractivity contribution in [2.75, 3.05) is 19.7 Å². The lowest BCUT2D eigenvalue weighted by atomic mass is 9.93. The Morgan fingerprint density at radius 1 is 0.732 bits per heavy atom. The van der Waals surface area contributed by atoms with Crippen molar-refractivity contribution in [3.63, 3.8) is 0 Å². The van der Waals surface area contributed by atoms with Crippen LogP contribution in [0.2, 0.25) is 0 Å². The van der Waals surface area contributed by atoms with Gasteiger partial charge >= 0.3 is 5.97 Å². The molecule has 7 heteroatoms. The van der Waals surface area contributed by atoms with E-state index in [0.29, 0.717) is 28.8 Å². The molecule has 0 bridgehead atoms. The number of rotatable bonds is 12. The first-order chi connectivity index (χ1) is 19.9. The molecule has 0 saturated carbocycles. The highest BCUT2D eigenvalue weighted by Gasteiger charge is 2.25. The van der Waals surface area contributed by atoms with Crippen LogP contribution in [-0.2, 0) is 4.79 Å². The lowest BCUT2D eigenvalue weighted by molar-refractivity contribution is -0.137. The summed E-state index contributed by atoms with van der Waals surface area (Å²) in [6, 6.07) is 32.5. The minimum absolute atomic E-state index is 0.0208. The van der Waals surface area contributed by atoms with Gasteiger partial charge in [0, 0.05) is 24.2 Å². The van der Waals surface area contributed by atoms with Crippen molar-refractivity contribution < 1.29 is 24.6 Å². The molecule has 0 aliphatic heterocycles. The van der Waals surface area contributed by atoms with Crippen molar-refractivity contribution in [3.8, 4) is 11.1 Å². The summed E-state index contributed by atoms with van der Waals surface area (Å²) < 4.78 is 0. The number of aliphatic hydroxyl groups is 1. The molecular weight excluding hydrogens is 516 g/mol. The van der Waals surface area contributed by atoms with E-state index >= 15 is 0 Å². The quantitative estimate of drug-likeness (QED) is 0.215. The molecule has 3 N–H and O–H groups in total. The van der Waals surface area contributed by atoms with Gasteiger partial charge in [-0.2, -0.15) is 0 Å². The molecule has 0 radical (unpaired) electrons. The van der Waals surface area contributed by atoms with Crippen LogP contribution in [0.4, 0.5) is 0 Å². The first-order valence-corrected chi connectivity index (χ1v) is 13.6. The number of aliphatic carboxylic acids is 1. The second kappa shape index (κ2) is 14.1. The Kier molecular flexibility index (Phi) is 10.0. The zero-order valence-electron chi connectivity index (χ0n) is 22.9. The summed E-state index contributed by atoms with van der Waals surface area (Å²) in [5.41, 5.74) is 3.69. The Balaban J connectivity index is 1.66. The molecule has 210 valence electrons. The first kappa shape index (κ1) is 29.2. The summed E-state index contributed by atoms with van der Waals surface area (Å²) in [7, 11) is 0. The van der Waals surface area contributed by atoms with Gasteiger partial charge in [-0.1, -0.05) is 104 Å². The van der Waals surface area contributed by atoms with E-state index in [4.69, 9.17) is 0 Å². The third-order valence-corrected chi connectivity index (χ3v) is 7.05. The predicted molar refractivity (Wildman–Crippen MR) is 159 cm³/mol. The first-order valence-electron chi connectivity index (χ1n) is 13.6. The Labute approximate surface area is 240 Å². The fourth-order valence-electron chi connectivity index (χ4n) is 4.87. The van der Waals surface area contributed by atoms with Gasteiger partial charge in [0.2, 0.25) is 0 Å². The molecular formula is C34H34N2O5. The van der Waals surface area contributed by atoms with Crippen LogP contribution >= 0.6 is 0 Å². The molecule has 0 fully saturated rings. The number of aliphatic hydroxyl groups excluding tert-OH is 1. The zero-order chi connectivity index (χ0) is 29.2. The van der Waals surface area contributed by atoms with Gasteiger partial charge in [-0.3, -0.25) is 14.4 Å². The van der Waals surface area contributed by atoms with Crippen molar-refractivity contribution in [2.24, 2.45) is 0 Å². The Morgan fingerprint density at radius 2 is 1.24 bits per heavy atom. The topological polar surface area (TPSA) is 107 Å². The second-order valence-corrected chi connectivity index (χ2v) is 9.92. The van der Waals surface area contributed by atoms with Crippen LogP contribution in [0.1, 0.15) is 57.1 Å². The normalized spacial score (nSPS) is 12.2. The number of benzene rings is 4. The van der Waals surface area contributed by atoms with Gasteiger partial charge in [0.15, 0.2) is 0 Å². The smallest absolute Gasteiger partial charge is 0.305 e. The van der Waals surface area contributed by atoms with E-state index in [1.54, 1.807) is 53.4 Å². The maximum absolute atomic E-state index is 14.0. The number of carboxylic acids is 1. The molecule has 4 aromatic carbocycles. The molecule has 0 heterocycles. The van der Waals surface area contributed by atoms with E-state index in [-0.39, 0.29) is 37.3 Å². The third kappa shape index (κ3) is 7.47. The standard InChI is InChI=1S/C34H34N2O5/c1-24(25-12-4-2-5-13-25)22-36(21-20-32(38)39)34(41)30-19-11-9-17-28(30)27-16-8-10-18-29(27)33(40)35-31(23-37)26-14-6-3-7-15-26/h2-19,24,31,37H,20-23H2,1H3,(H,35,40)(H,38,39)/t24?,31-/m1/s1. The molecule has 7 nitrogen and oxygen atoms in total. The van der Waals surface area contributed by atoms with Gasteiger partial charge in [-0.15, -0.1) is 0 Å². The maximum atomic E-state index is 14.0. The van der Waals surface area contributed by atoms with Gasteiger partial charge in [-0.05, 0) is 40.3 Å². The molecule has 4 rings (SSSR count). The molecule has 0 aliphatic carbocycles. The highest BCUT2D eigenvalue weighted by atomic mass is 16.4. The lowest BCUT2D eigenvalue weighted by Crippen LogP contribution is -2.36. The van der Waals surface area contributed by atoms with Crippen molar-refractivity contribution in [1.82, 2.24) is 10.2 Å². The molecule has 2 amide bonds. The zero-order valence-corrected chi connectivity index (χ0v) is 22.9. The molecule has 41 heavy (non-hydrogen) atoms. The molecule has 0 saturated heterocycles. The number of nitrogens with one attached hydrogen (secondary N) is 1. The number of hydrogen-bond donors (Lipinski definition) is 3. The minimum Gasteiger partial charge on any atom is -0.481 e. The predicted octanol–water partition coefficient (Wildman–Crippen LogP) is 5.54. The fourth-order valence-corrected chi connectivity index (χ4v) is 4.87. The highest BCUT2D eigenvalue weighted by molar-refractivity contribution is 6.06. The Morgan fingerprint density at radius 3 is 1.83 bits per heavy atom. The van der Waals surface area contributed by atoms with Crippen molar-refractivity contribution in [2.45, 2.75) is 25.3 Å². The Hall–Kier alpha value is -4.75. The van der Waals surface area contributed by atoms with Gasteiger partial charge < -0.3 is 20.4 Å². The summed E-state index contributed by atoms with van der Waals surface area (Å²) in [5, 5.41) is 22.3. The van der Waals surface area contributed by atoms with Crippen LogP contribution in [0, 0.1) is 0 Å². The Bertz CT molecular complexity index is 1470. The summed E-state index contributed by atoms with van der Waals surface area (Å²) in [6.45, 7) is 2.12. The van der Waals surface area contributed by atoms with Crippen LogP contribution in [-0.4, -0.2) is 52.6 Å². The van der Waals surface area contributed by atoms with E-state index in [1.807, 2.05) is 67.6 Å². The number of hydrogen-bond acceptors (Lipinski definition) is 4. The van der Waals surface area contributed by atoms with Crippen molar-refractivity contribution in [3.05, 3.63) is 131 Å². The largest absolute Gasteiger partial charge is 0.481 e. The average Bonchev–Trinajstić information content (AvgIpc) is 3.02.